The van der Waals surface area contributed by atoms with Crippen LogP contribution in [0.4, 0.5) is 13.2 Å². The van der Waals surface area contributed by atoms with E-state index in [0.29, 0.717) is 23.5 Å². The molecule has 0 fully saturated rings. The highest BCUT2D eigenvalue weighted by atomic mass is 19.4. The lowest BCUT2D eigenvalue weighted by Gasteiger charge is -2.32. The first-order valence-electron chi connectivity index (χ1n) is 8.05. The molecule has 0 aromatic heterocycles. The predicted octanol–water partition coefficient (Wildman–Crippen LogP) is 2.89. The average molecular weight is 374 g/mol. The zero-order valence-electron chi connectivity index (χ0n) is 14.8. The standard InChI is InChI=1S/C17H21F3N2O4/c1-4-5-12-10-16(24,17(18,19)20)22(21-12)15(23)9-11-6-7-13(25-2)14(8-11)26-3/h6-8,24H,4-5,9-10H2,1-3H3/t16-/m0/s1. The van der Waals surface area contributed by atoms with E-state index in [1.54, 1.807) is 19.1 Å². The molecule has 0 radical (unpaired) electrons. The first-order valence-corrected chi connectivity index (χ1v) is 8.05. The molecule has 9 heteroatoms. The monoisotopic (exact) mass is 374 g/mol. The number of carbonyl (C=O) groups excluding carboxylic acids is 1. The fraction of sp³-hybridized carbons (Fsp3) is 0.529. The van der Waals surface area contributed by atoms with Gasteiger partial charge in [-0.25, -0.2) is 0 Å². The van der Waals surface area contributed by atoms with Crippen molar-refractivity contribution >= 4 is 11.6 Å². The minimum atomic E-state index is -5.01. The molecule has 144 valence electrons. The molecular weight excluding hydrogens is 353 g/mol. The van der Waals surface area contributed by atoms with E-state index in [9.17, 15) is 23.1 Å². The van der Waals surface area contributed by atoms with Gasteiger partial charge in [0.15, 0.2) is 11.5 Å². The second-order valence-electron chi connectivity index (χ2n) is 5.98. The Morgan fingerprint density at radius 3 is 2.50 bits per heavy atom. The summed E-state index contributed by atoms with van der Waals surface area (Å²) < 4.78 is 50.3. The number of ether oxygens (including phenoxy) is 2. The number of hydrogen-bond acceptors (Lipinski definition) is 5. The van der Waals surface area contributed by atoms with Gasteiger partial charge in [0.2, 0.25) is 5.91 Å². The molecule has 26 heavy (non-hydrogen) atoms. The van der Waals surface area contributed by atoms with Crippen LogP contribution in [-0.4, -0.2) is 47.9 Å². The minimum Gasteiger partial charge on any atom is -0.493 e. The summed E-state index contributed by atoms with van der Waals surface area (Å²) in [6, 6.07) is 4.59. The molecule has 1 atom stereocenters. The zero-order valence-corrected chi connectivity index (χ0v) is 14.8. The smallest absolute Gasteiger partial charge is 0.438 e. The van der Waals surface area contributed by atoms with Crippen molar-refractivity contribution in [1.29, 1.82) is 0 Å². The summed E-state index contributed by atoms with van der Waals surface area (Å²) in [6.07, 6.45) is -5.29. The second-order valence-corrected chi connectivity index (χ2v) is 5.98. The van der Waals surface area contributed by atoms with Crippen molar-refractivity contribution in [1.82, 2.24) is 5.01 Å². The Morgan fingerprint density at radius 2 is 1.96 bits per heavy atom. The number of halogens is 3. The second kappa shape index (κ2) is 7.53. The van der Waals surface area contributed by atoms with Crippen LogP contribution >= 0.6 is 0 Å². The van der Waals surface area contributed by atoms with Crippen molar-refractivity contribution in [2.75, 3.05) is 14.2 Å². The molecule has 1 heterocycles. The largest absolute Gasteiger partial charge is 0.493 e. The Kier molecular flexibility index (Phi) is 5.80. The third-order valence-electron chi connectivity index (χ3n) is 4.07. The molecule has 0 bridgehead atoms. The fourth-order valence-corrected chi connectivity index (χ4v) is 2.77. The SMILES string of the molecule is CCCC1=NN(C(=O)Cc2ccc(OC)c(OC)c2)[C@@](O)(C(F)(F)F)C1. The van der Waals surface area contributed by atoms with Gasteiger partial charge < -0.3 is 14.6 Å². The highest BCUT2D eigenvalue weighted by molar-refractivity contribution is 5.91. The van der Waals surface area contributed by atoms with Gasteiger partial charge in [-0.2, -0.15) is 23.3 Å². The molecule has 0 saturated carbocycles. The predicted molar refractivity (Wildman–Crippen MR) is 88.1 cm³/mol. The van der Waals surface area contributed by atoms with Gasteiger partial charge in [0.05, 0.1) is 20.6 Å². The number of rotatable bonds is 6. The van der Waals surface area contributed by atoms with Crippen LogP contribution < -0.4 is 9.47 Å². The van der Waals surface area contributed by atoms with E-state index in [1.807, 2.05) is 0 Å². The lowest BCUT2D eigenvalue weighted by molar-refractivity contribution is -0.302. The average Bonchev–Trinajstić information content (AvgIpc) is 2.93. The van der Waals surface area contributed by atoms with Crippen molar-refractivity contribution in [3.05, 3.63) is 23.8 Å². The van der Waals surface area contributed by atoms with E-state index in [-0.39, 0.29) is 23.6 Å². The number of aliphatic hydroxyl groups is 1. The van der Waals surface area contributed by atoms with Crippen LogP contribution in [0.3, 0.4) is 0 Å². The molecular formula is C17H21F3N2O4. The van der Waals surface area contributed by atoms with Crippen LogP contribution in [0.5, 0.6) is 11.5 Å². The maximum Gasteiger partial charge on any atom is 0.438 e. The molecule has 1 amide bonds. The van der Waals surface area contributed by atoms with Crippen molar-refractivity contribution in [3.63, 3.8) is 0 Å². The van der Waals surface area contributed by atoms with Crippen molar-refractivity contribution in [2.45, 2.75) is 44.5 Å². The lowest BCUT2D eigenvalue weighted by atomic mass is 10.0. The van der Waals surface area contributed by atoms with Gasteiger partial charge in [-0.05, 0) is 24.1 Å². The number of hydrazone groups is 1. The molecule has 1 aliphatic rings. The number of alkyl halides is 3. The van der Waals surface area contributed by atoms with Crippen LogP contribution in [0.25, 0.3) is 0 Å². The lowest BCUT2D eigenvalue weighted by Crippen LogP contribution is -2.57. The summed E-state index contributed by atoms with van der Waals surface area (Å²) >= 11 is 0. The molecule has 0 aliphatic carbocycles. The van der Waals surface area contributed by atoms with E-state index < -0.39 is 24.2 Å². The van der Waals surface area contributed by atoms with Crippen LogP contribution in [0.1, 0.15) is 31.7 Å². The third-order valence-corrected chi connectivity index (χ3v) is 4.07. The Hall–Kier alpha value is -2.29. The van der Waals surface area contributed by atoms with Crippen LogP contribution in [0.2, 0.25) is 0 Å². The normalized spacial score (nSPS) is 20.1. The van der Waals surface area contributed by atoms with Crippen molar-refractivity contribution < 1.29 is 32.5 Å². The van der Waals surface area contributed by atoms with Crippen LogP contribution in [0.15, 0.2) is 23.3 Å². The topological polar surface area (TPSA) is 71.4 Å². The Labute approximate surface area is 149 Å². The van der Waals surface area contributed by atoms with Crippen molar-refractivity contribution in [3.8, 4) is 11.5 Å². The molecule has 1 N–H and O–H groups in total. The van der Waals surface area contributed by atoms with Crippen molar-refractivity contribution in [2.24, 2.45) is 5.10 Å². The highest BCUT2D eigenvalue weighted by Gasteiger charge is 2.62. The highest BCUT2D eigenvalue weighted by Crippen LogP contribution is 2.41. The summed E-state index contributed by atoms with van der Waals surface area (Å²) in [4.78, 5) is 12.5. The summed E-state index contributed by atoms with van der Waals surface area (Å²) in [5.41, 5.74) is -2.75. The molecule has 2 rings (SSSR count). The quantitative estimate of drug-likeness (QED) is 0.831. The van der Waals surface area contributed by atoms with Crippen LogP contribution in [-0.2, 0) is 11.2 Å². The number of methoxy groups -OCH3 is 2. The van der Waals surface area contributed by atoms with E-state index in [1.165, 1.54) is 20.3 Å². The van der Waals surface area contributed by atoms with E-state index in [4.69, 9.17) is 9.47 Å². The number of amides is 1. The van der Waals surface area contributed by atoms with E-state index in [2.05, 4.69) is 5.10 Å². The summed E-state index contributed by atoms with van der Waals surface area (Å²) in [5, 5.41) is 14.0. The van der Waals surface area contributed by atoms with Gasteiger partial charge in [-0.15, -0.1) is 0 Å². The van der Waals surface area contributed by atoms with E-state index in [0.717, 1.165) is 0 Å². The Balaban J connectivity index is 2.28. The van der Waals surface area contributed by atoms with Gasteiger partial charge in [-0.1, -0.05) is 19.4 Å². The van der Waals surface area contributed by atoms with Gasteiger partial charge in [0.25, 0.3) is 5.72 Å². The van der Waals surface area contributed by atoms with Gasteiger partial charge in [0, 0.05) is 12.1 Å². The number of carbonyl (C=O) groups is 1. The third kappa shape index (κ3) is 3.77. The van der Waals surface area contributed by atoms with Crippen LogP contribution in [0, 0.1) is 0 Å². The number of hydrogen-bond donors (Lipinski definition) is 1. The minimum absolute atomic E-state index is 0.146. The molecule has 1 aromatic rings. The first-order chi connectivity index (χ1) is 12.2. The Bertz CT molecular complexity index is 706. The molecule has 1 aromatic carbocycles. The first kappa shape index (κ1) is 20.0. The molecule has 0 saturated heterocycles. The fourth-order valence-electron chi connectivity index (χ4n) is 2.77. The zero-order chi connectivity index (χ0) is 19.5. The summed E-state index contributed by atoms with van der Waals surface area (Å²) in [5.74, 6) is -0.177. The molecule has 1 aliphatic heterocycles. The maximum absolute atomic E-state index is 13.4. The summed E-state index contributed by atoms with van der Waals surface area (Å²) in [7, 11) is 2.86. The number of benzene rings is 1. The molecule has 6 nitrogen and oxygen atoms in total. The maximum atomic E-state index is 13.4. The van der Waals surface area contributed by atoms with E-state index >= 15 is 0 Å². The van der Waals surface area contributed by atoms with Gasteiger partial charge in [0.1, 0.15) is 0 Å². The number of nitrogens with zero attached hydrogens (tertiary/aromatic N) is 2. The summed E-state index contributed by atoms with van der Waals surface area (Å²) in [6.45, 7) is 1.78. The van der Waals surface area contributed by atoms with Gasteiger partial charge >= 0.3 is 6.18 Å². The Morgan fingerprint density at radius 1 is 1.31 bits per heavy atom. The molecule has 0 unspecified atom stereocenters. The molecule has 0 spiro atoms. The van der Waals surface area contributed by atoms with Gasteiger partial charge in [-0.3, -0.25) is 4.79 Å².